The van der Waals surface area contributed by atoms with Crippen molar-refractivity contribution in [3.63, 3.8) is 0 Å². The van der Waals surface area contributed by atoms with Crippen molar-refractivity contribution in [2.75, 3.05) is 5.32 Å². The highest BCUT2D eigenvalue weighted by Gasteiger charge is 2.16. The van der Waals surface area contributed by atoms with E-state index in [1.165, 1.54) is 18.9 Å². The fourth-order valence-electron chi connectivity index (χ4n) is 2.18. The van der Waals surface area contributed by atoms with Crippen molar-refractivity contribution >= 4 is 5.69 Å². The van der Waals surface area contributed by atoms with Gasteiger partial charge in [0.15, 0.2) is 0 Å². The van der Waals surface area contributed by atoms with Crippen molar-refractivity contribution in [2.24, 2.45) is 0 Å². The van der Waals surface area contributed by atoms with Gasteiger partial charge in [0.05, 0.1) is 11.6 Å². The van der Waals surface area contributed by atoms with Gasteiger partial charge in [0.25, 0.3) is 0 Å². The molecule has 3 heteroatoms. The normalized spacial score (nSPS) is 16.1. The summed E-state index contributed by atoms with van der Waals surface area (Å²) in [7, 11) is 0. The predicted molar refractivity (Wildman–Crippen MR) is 61.7 cm³/mol. The summed E-state index contributed by atoms with van der Waals surface area (Å²) in [6, 6.07) is 5.44. The van der Waals surface area contributed by atoms with Crippen LogP contribution in [-0.4, -0.2) is 6.04 Å². The van der Waals surface area contributed by atoms with Crippen molar-refractivity contribution in [3.8, 4) is 6.07 Å². The zero-order chi connectivity index (χ0) is 11.5. The molecule has 1 aliphatic rings. The van der Waals surface area contributed by atoms with E-state index in [9.17, 15) is 4.39 Å². The summed E-state index contributed by atoms with van der Waals surface area (Å²) in [5.74, 6) is -0.306. The third-order valence-electron chi connectivity index (χ3n) is 3.19. The molecular weight excluding hydrogens is 203 g/mol. The molecule has 1 aromatic carbocycles. The maximum Gasteiger partial charge on any atom is 0.129 e. The first kappa shape index (κ1) is 10.9. The molecule has 0 unspecified atom stereocenters. The minimum atomic E-state index is -0.306. The molecule has 1 saturated carbocycles. The molecule has 0 bridgehead atoms. The van der Waals surface area contributed by atoms with Gasteiger partial charge in [-0.1, -0.05) is 12.8 Å². The minimum Gasteiger partial charge on any atom is -0.382 e. The molecule has 0 saturated heterocycles. The van der Waals surface area contributed by atoms with Gasteiger partial charge in [0.1, 0.15) is 5.82 Å². The molecule has 2 rings (SSSR count). The third-order valence-corrected chi connectivity index (χ3v) is 3.19. The van der Waals surface area contributed by atoms with Crippen LogP contribution in [0.25, 0.3) is 0 Å². The third kappa shape index (κ3) is 2.16. The molecule has 1 aliphatic carbocycles. The molecule has 0 amide bonds. The van der Waals surface area contributed by atoms with E-state index in [-0.39, 0.29) is 5.82 Å². The first-order valence-electron chi connectivity index (χ1n) is 5.67. The van der Waals surface area contributed by atoms with Gasteiger partial charge in [-0.2, -0.15) is 5.26 Å². The zero-order valence-corrected chi connectivity index (χ0v) is 9.39. The van der Waals surface area contributed by atoms with E-state index in [2.05, 4.69) is 5.32 Å². The van der Waals surface area contributed by atoms with E-state index in [1.807, 2.05) is 6.07 Å². The molecule has 1 aromatic rings. The number of rotatable bonds is 2. The summed E-state index contributed by atoms with van der Waals surface area (Å²) >= 11 is 0. The van der Waals surface area contributed by atoms with Gasteiger partial charge < -0.3 is 5.32 Å². The van der Waals surface area contributed by atoms with Crippen LogP contribution in [-0.2, 0) is 0 Å². The first-order chi connectivity index (χ1) is 7.70. The number of halogens is 1. The number of nitrogens with one attached hydrogen (secondary N) is 1. The van der Waals surface area contributed by atoms with Gasteiger partial charge in [-0.3, -0.25) is 0 Å². The zero-order valence-electron chi connectivity index (χ0n) is 9.39. The average Bonchev–Trinajstić information content (AvgIpc) is 2.77. The number of nitriles is 1. The Morgan fingerprint density at radius 1 is 1.38 bits per heavy atom. The van der Waals surface area contributed by atoms with Crippen LogP contribution in [0, 0.1) is 24.1 Å². The average molecular weight is 218 g/mol. The highest BCUT2D eigenvalue weighted by Crippen LogP contribution is 2.26. The van der Waals surface area contributed by atoms with Crippen LogP contribution in [0.4, 0.5) is 10.1 Å². The van der Waals surface area contributed by atoms with E-state index >= 15 is 0 Å². The lowest BCUT2D eigenvalue weighted by Gasteiger charge is -2.16. The topological polar surface area (TPSA) is 35.8 Å². The number of anilines is 1. The monoisotopic (exact) mass is 218 g/mol. The molecular formula is C13H15FN2. The molecule has 1 fully saturated rings. The van der Waals surface area contributed by atoms with Crippen molar-refractivity contribution < 1.29 is 4.39 Å². The molecule has 0 atom stereocenters. The highest BCUT2D eigenvalue weighted by atomic mass is 19.1. The van der Waals surface area contributed by atoms with Crippen molar-refractivity contribution in [1.82, 2.24) is 0 Å². The molecule has 0 aliphatic heterocycles. The highest BCUT2D eigenvalue weighted by molar-refractivity contribution is 5.56. The number of benzene rings is 1. The van der Waals surface area contributed by atoms with Crippen LogP contribution in [0.2, 0.25) is 0 Å². The summed E-state index contributed by atoms with van der Waals surface area (Å²) in [5.41, 5.74) is 1.75. The van der Waals surface area contributed by atoms with Crippen molar-refractivity contribution in [2.45, 2.75) is 38.6 Å². The molecule has 1 N–H and O–H groups in total. The van der Waals surface area contributed by atoms with E-state index in [0.29, 0.717) is 17.2 Å². The number of hydrogen-bond acceptors (Lipinski definition) is 2. The van der Waals surface area contributed by atoms with Crippen LogP contribution < -0.4 is 5.32 Å². The fourth-order valence-corrected chi connectivity index (χ4v) is 2.18. The Labute approximate surface area is 95.1 Å². The Kier molecular flexibility index (Phi) is 3.09. The predicted octanol–water partition coefficient (Wildman–Crippen LogP) is 3.36. The van der Waals surface area contributed by atoms with Crippen LogP contribution in [0.15, 0.2) is 12.1 Å². The fraction of sp³-hybridized carbons (Fsp3) is 0.462. The van der Waals surface area contributed by atoms with Gasteiger partial charge in [0, 0.05) is 17.3 Å². The largest absolute Gasteiger partial charge is 0.382 e. The molecule has 2 nitrogen and oxygen atoms in total. The summed E-state index contributed by atoms with van der Waals surface area (Å²) < 4.78 is 13.5. The van der Waals surface area contributed by atoms with Gasteiger partial charge in [-0.05, 0) is 31.9 Å². The smallest absolute Gasteiger partial charge is 0.129 e. The van der Waals surface area contributed by atoms with Gasteiger partial charge in [0.2, 0.25) is 0 Å². The summed E-state index contributed by atoms with van der Waals surface area (Å²) in [4.78, 5) is 0. The molecule has 84 valence electrons. The Hall–Kier alpha value is -1.56. The Morgan fingerprint density at radius 2 is 2.06 bits per heavy atom. The lowest BCUT2D eigenvalue weighted by molar-refractivity contribution is 0.617. The second-order valence-corrected chi connectivity index (χ2v) is 4.37. The molecule has 0 spiro atoms. The van der Waals surface area contributed by atoms with Crippen molar-refractivity contribution in [1.29, 1.82) is 5.26 Å². The Morgan fingerprint density at radius 3 is 2.69 bits per heavy atom. The minimum absolute atomic E-state index is 0.306. The maximum atomic E-state index is 13.5. The van der Waals surface area contributed by atoms with Gasteiger partial charge in [-0.25, -0.2) is 4.39 Å². The Bertz CT molecular complexity index is 428. The molecule has 0 aromatic heterocycles. The van der Waals surface area contributed by atoms with Gasteiger partial charge in [-0.15, -0.1) is 0 Å². The number of hydrogen-bond donors (Lipinski definition) is 1. The maximum absolute atomic E-state index is 13.5. The standard InChI is InChI=1S/C13H15FN2/c1-9-12(14)6-10(8-15)7-13(9)16-11-4-2-3-5-11/h6-7,11,16H,2-5H2,1H3. The van der Waals surface area contributed by atoms with Crippen LogP contribution in [0.5, 0.6) is 0 Å². The van der Waals surface area contributed by atoms with Crippen LogP contribution in [0.1, 0.15) is 36.8 Å². The quantitative estimate of drug-likeness (QED) is 0.826. The summed E-state index contributed by atoms with van der Waals surface area (Å²) in [5, 5.41) is 12.1. The lowest BCUT2D eigenvalue weighted by Crippen LogP contribution is -2.15. The molecule has 0 heterocycles. The summed E-state index contributed by atoms with van der Waals surface area (Å²) in [6.45, 7) is 1.74. The summed E-state index contributed by atoms with van der Waals surface area (Å²) in [6.07, 6.45) is 4.74. The van der Waals surface area contributed by atoms with E-state index < -0.39 is 0 Å². The van der Waals surface area contributed by atoms with Crippen LogP contribution >= 0.6 is 0 Å². The lowest BCUT2D eigenvalue weighted by atomic mass is 10.1. The van der Waals surface area contributed by atoms with E-state index in [4.69, 9.17) is 5.26 Å². The second kappa shape index (κ2) is 4.52. The molecule has 16 heavy (non-hydrogen) atoms. The van der Waals surface area contributed by atoms with Crippen molar-refractivity contribution in [3.05, 3.63) is 29.1 Å². The van der Waals surface area contributed by atoms with Crippen LogP contribution in [0.3, 0.4) is 0 Å². The van der Waals surface area contributed by atoms with Gasteiger partial charge >= 0.3 is 0 Å². The number of nitrogens with zero attached hydrogens (tertiary/aromatic N) is 1. The van der Waals surface area contributed by atoms with E-state index in [0.717, 1.165) is 18.5 Å². The SMILES string of the molecule is Cc1c(F)cc(C#N)cc1NC1CCCC1. The molecule has 0 radical (unpaired) electrons. The second-order valence-electron chi connectivity index (χ2n) is 4.37. The van der Waals surface area contributed by atoms with E-state index in [1.54, 1.807) is 13.0 Å². The first-order valence-corrected chi connectivity index (χ1v) is 5.67. The Balaban J connectivity index is 2.25.